The molecule has 0 aromatic carbocycles. The molecule has 2 heterocycles. The van der Waals surface area contributed by atoms with Gasteiger partial charge in [-0.05, 0) is 18.8 Å². The molecular formula is C15H24N4O4S. The number of ether oxygens (including phenoxy) is 1. The number of sulfone groups is 1. The van der Waals surface area contributed by atoms with Crippen LogP contribution in [-0.4, -0.2) is 66.9 Å². The van der Waals surface area contributed by atoms with Gasteiger partial charge >= 0.3 is 6.03 Å². The van der Waals surface area contributed by atoms with Gasteiger partial charge in [0.1, 0.15) is 0 Å². The van der Waals surface area contributed by atoms with Gasteiger partial charge in [-0.25, -0.2) is 13.2 Å². The van der Waals surface area contributed by atoms with E-state index in [0.717, 1.165) is 18.4 Å². The fourth-order valence-electron chi connectivity index (χ4n) is 3.15. The van der Waals surface area contributed by atoms with Gasteiger partial charge in [0.2, 0.25) is 0 Å². The maximum absolute atomic E-state index is 12.8. The lowest BCUT2D eigenvalue weighted by molar-refractivity contribution is 0.141. The minimum Gasteiger partial charge on any atom is -0.383 e. The SMILES string of the molecule is COC[C@H](NC(=O)N1CCS(=O)(=O)C[C@H]1c1cnn(C)c1)C1CC1. The zero-order valence-electron chi connectivity index (χ0n) is 14.0. The molecule has 24 heavy (non-hydrogen) atoms. The third kappa shape index (κ3) is 3.89. The number of urea groups is 1. The first kappa shape index (κ1) is 17.2. The second-order valence-corrected chi connectivity index (χ2v) is 8.85. The van der Waals surface area contributed by atoms with Crippen LogP contribution in [0.2, 0.25) is 0 Å². The van der Waals surface area contributed by atoms with Crippen LogP contribution in [0.15, 0.2) is 12.4 Å². The first-order valence-corrected chi connectivity index (χ1v) is 9.97. The van der Waals surface area contributed by atoms with Crippen molar-refractivity contribution < 1.29 is 17.9 Å². The molecule has 134 valence electrons. The molecule has 1 aliphatic carbocycles. The monoisotopic (exact) mass is 356 g/mol. The molecule has 0 bridgehead atoms. The van der Waals surface area contributed by atoms with E-state index in [1.807, 2.05) is 0 Å². The van der Waals surface area contributed by atoms with Crippen LogP contribution in [0.3, 0.4) is 0 Å². The number of amides is 2. The summed E-state index contributed by atoms with van der Waals surface area (Å²) in [5.74, 6) is 0.388. The highest BCUT2D eigenvalue weighted by molar-refractivity contribution is 7.91. The van der Waals surface area contributed by atoms with E-state index < -0.39 is 15.9 Å². The first-order valence-electron chi connectivity index (χ1n) is 8.14. The summed E-state index contributed by atoms with van der Waals surface area (Å²) in [6, 6.07) is -0.747. The Balaban J connectivity index is 1.77. The lowest BCUT2D eigenvalue weighted by Crippen LogP contribution is -2.53. The van der Waals surface area contributed by atoms with Crippen LogP contribution in [0.4, 0.5) is 4.79 Å². The van der Waals surface area contributed by atoms with E-state index >= 15 is 0 Å². The third-order valence-electron chi connectivity index (χ3n) is 4.65. The second kappa shape index (κ2) is 6.72. The molecule has 2 atom stereocenters. The van der Waals surface area contributed by atoms with Crippen LogP contribution in [0.5, 0.6) is 0 Å². The number of carbonyl (C=O) groups is 1. The first-order chi connectivity index (χ1) is 11.4. The van der Waals surface area contributed by atoms with Gasteiger partial charge in [0.15, 0.2) is 9.84 Å². The van der Waals surface area contributed by atoms with Crippen LogP contribution in [0.1, 0.15) is 24.4 Å². The Morgan fingerprint density at radius 1 is 1.50 bits per heavy atom. The number of rotatable bonds is 5. The summed E-state index contributed by atoms with van der Waals surface area (Å²) in [4.78, 5) is 14.4. The zero-order chi connectivity index (χ0) is 17.3. The standard InChI is InChI=1S/C15H24N4O4S/c1-18-8-12(7-16-18)14-10-24(21,22)6-5-19(14)15(20)17-13(9-23-2)11-3-4-11/h7-8,11,13-14H,3-6,9-10H2,1-2H3,(H,17,20)/t13-,14-/m0/s1. The highest BCUT2D eigenvalue weighted by atomic mass is 32.2. The summed E-state index contributed by atoms with van der Waals surface area (Å²) in [5, 5.41) is 7.13. The number of methoxy groups -OCH3 is 1. The van der Waals surface area contributed by atoms with Gasteiger partial charge in [-0.1, -0.05) is 0 Å². The minimum atomic E-state index is -3.16. The van der Waals surface area contributed by atoms with E-state index in [2.05, 4.69) is 10.4 Å². The number of hydrogen-bond acceptors (Lipinski definition) is 5. The summed E-state index contributed by atoms with van der Waals surface area (Å²) < 4.78 is 30.9. The average molecular weight is 356 g/mol. The Morgan fingerprint density at radius 2 is 2.25 bits per heavy atom. The van der Waals surface area contributed by atoms with Crippen molar-refractivity contribution in [2.75, 3.05) is 31.8 Å². The quantitative estimate of drug-likeness (QED) is 0.820. The van der Waals surface area contributed by atoms with Crippen molar-refractivity contribution in [3.05, 3.63) is 18.0 Å². The van der Waals surface area contributed by atoms with Gasteiger partial charge in [0.25, 0.3) is 0 Å². The lowest BCUT2D eigenvalue weighted by Gasteiger charge is -2.36. The molecule has 0 spiro atoms. The predicted molar refractivity (Wildman–Crippen MR) is 88.2 cm³/mol. The van der Waals surface area contributed by atoms with Gasteiger partial charge in [0, 0.05) is 32.5 Å². The number of hydrogen-bond donors (Lipinski definition) is 1. The Kier molecular flexibility index (Phi) is 4.82. The molecule has 1 saturated carbocycles. The predicted octanol–water partition coefficient (Wildman–Crippen LogP) is 0.326. The fourth-order valence-corrected chi connectivity index (χ4v) is 4.65. The Labute approximate surface area is 142 Å². The molecule has 0 unspecified atom stereocenters. The van der Waals surface area contributed by atoms with Gasteiger partial charge in [0.05, 0.1) is 36.4 Å². The molecule has 2 fully saturated rings. The summed E-state index contributed by atoms with van der Waals surface area (Å²) in [6.45, 7) is 0.665. The Bertz CT molecular complexity index is 698. The van der Waals surface area contributed by atoms with E-state index in [-0.39, 0.29) is 30.1 Å². The second-order valence-electron chi connectivity index (χ2n) is 6.62. The highest BCUT2D eigenvalue weighted by Crippen LogP contribution is 2.33. The molecule has 2 amide bonds. The van der Waals surface area contributed by atoms with Gasteiger partial charge in [-0.3, -0.25) is 4.68 Å². The average Bonchev–Trinajstić information content (AvgIpc) is 3.27. The van der Waals surface area contributed by atoms with Crippen LogP contribution < -0.4 is 5.32 Å². The molecule has 1 aliphatic heterocycles. The summed E-state index contributed by atoms with van der Waals surface area (Å²) in [6.07, 6.45) is 5.57. The molecule has 1 saturated heterocycles. The molecule has 9 heteroatoms. The van der Waals surface area contributed by atoms with E-state index in [9.17, 15) is 13.2 Å². The van der Waals surface area contributed by atoms with Crippen molar-refractivity contribution in [3.8, 4) is 0 Å². The van der Waals surface area contributed by atoms with Crippen LogP contribution in [0.25, 0.3) is 0 Å². The summed E-state index contributed by atoms with van der Waals surface area (Å²) in [7, 11) is 0.226. The van der Waals surface area contributed by atoms with Crippen LogP contribution in [0, 0.1) is 5.92 Å². The highest BCUT2D eigenvalue weighted by Gasteiger charge is 2.38. The molecular weight excluding hydrogens is 332 g/mol. The van der Waals surface area contributed by atoms with Crippen molar-refractivity contribution in [2.24, 2.45) is 13.0 Å². The van der Waals surface area contributed by atoms with E-state index in [4.69, 9.17) is 4.74 Å². The maximum Gasteiger partial charge on any atom is 0.318 e. The van der Waals surface area contributed by atoms with E-state index in [1.54, 1.807) is 36.1 Å². The molecule has 8 nitrogen and oxygen atoms in total. The Hall–Kier alpha value is -1.61. The molecule has 3 rings (SSSR count). The van der Waals surface area contributed by atoms with Gasteiger partial charge in [-0.2, -0.15) is 5.10 Å². The fraction of sp³-hybridized carbons (Fsp3) is 0.733. The van der Waals surface area contributed by atoms with Crippen molar-refractivity contribution >= 4 is 15.9 Å². The van der Waals surface area contributed by atoms with Crippen LogP contribution in [-0.2, 0) is 21.6 Å². The number of aryl methyl sites for hydroxylation is 1. The normalized spacial score (nSPS) is 24.6. The van der Waals surface area contributed by atoms with Crippen molar-refractivity contribution in [1.82, 2.24) is 20.0 Å². The summed E-state index contributed by atoms with van der Waals surface area (Å²) in [5.41, 5.74) is 0.741. The zero-order valence-corrected chi connectivity index (χ0v) is 14.8. The number of nitrogens with zero attached hydrogens (tertiary/aromatic N) is 3. The number of nitrogens with one attached hydrogen (secondary N) is 1. The lowest BCUT2D eigenvalue weighted by atomic mass is 10.1. The van der Waals surface area contributed by atoms with Crippen LogP contribution >= 0.6 is 0 Å². The largest absolute Gasteiger partial charge is 0.383 e. The molecule has 1 N–H and O–H groups in total. The molecule has 1 aromatic heterocycles. The smallest absolute Gasteiger partial charge is 0.318 e. The number of aromatic nitrogens is 2. The van der Waals surface area contributed by atoms with Gasteiger partial charge in [-0.15, -0.1) is 0 Å². The Morgan fingerprint density at radius 3 is 2.83 bits per heavy atom. The maximum atomic E-state index is 12.8. The van der Waals surface area contributed by atoms with Crippen molar-refractivity contribution in [1.29, 1.82) is 0 Å². The topological polar surface area (TPSA) is 93.5 Å². The van der Waals surface area contributed by atoms with Crippen molar-refractivity contribution in [3.63, 3.8) is 0 Å². The third-order valence-corrected chi connectivity index (χ3v) is 6.28. The minimum absolute atomic E-state index is 0.00441. The molecule has 0 radical (unpaired) electrons. The molecule has 2 aliphatic rings. The summed E-state index contributed by atoms with van der Waals surface area (Å²) >= 11 is 0. The van der Waals surface area contributed by atoms with Gasteiger partial charge < -0.3 is 15.0 Å². The van der Waals surface area contributed by atoms with E-state index in [0.29, 0.717) is 12.5 Å². The van der Waals surface area contributed by atoms with E-state index in [1.165, 1.54) is 0 Å². The molecule has 1 aromatic rings. The van der Waals surface area contributed by atoms with Crippen molar-refractivity contribution in [2.45, 2.75) is 24.9 Å². The number of carbonyl (C=O) groups excluding carboxylic acids is 1.